The van der Waals surface area contributed by atoms with Gasteiger partial charge in [0.1, 0.15) is 11.5 Å². The van der Waals surface area contributed by atoms with Gasteiger partial charge in [-0.2, -0.15) is 0 Å². The Balaban J connectivity index is 0.974. The molecule has 0 bridgehead atoms. The molecule has 5 heterocycles. The average molecular weight is 1060 g/mol. The van der Waals surface area contributed by atoms with E-state index in [-0.39, 0.29) is 18.0 Å². The van der Waals surface area contributed by atoms with Crippen LogP contribution in [0.2, 0.25) is 0 Å². The van der Waals surface area contributed by atoms with Crippen LogP contribution >= 0.6 is 0 Å². The molecule has 0 N–H and O–H groups in total. The largest absolute Gasteiger partial charge is 0.458 e. The second-order valence-electron chi connectivity index (χ2n) is 26.1. The molecule has 5 aliphatic carbocycles. The van der Waals surface area contributed by atoms with Crippen molar-refractivity contribution >= 4 is 78.4 Å². The molecule has 400 valence electrons. The summed E-state index contributed by atoms with van der Waals surface area (Å²) < 4.78 is 15.8. The molecule has 18 rings (SSSR count). The minimum Gasteiger partial charge on any atom is -0.458 e. The summed E-state index contributed by atoms with van der Waals surface area (Å²) in [4.78, 5) is 2.71. The number of hydrogen-bond donors (Lipinski definition) is 0. The standard InChI is InChI=1S/C76H67BN4O/c1-76(2,3)47-35-37-48(38-36-47)80-69-41-46(73-59-25-6-4-5-19-51(59)52-20-7-8-26-60(52)73)42-72-74(69)77(61-40-39-49(45-71(61)82-72)78-63-29-13-9-21-53(63)54-22-10-14-30-64(54)78)62-43-50(79-65-31-15-11-23-55(65)57-27-17-33-66(57)79)44-70(75(62)80)81-67-32-16-12-24-56(67)58-28-18-34-68(58)81/h7-9,11-13,15-16,20-21,23-24,26,29,31-32,35-45,73H,4-6,10,14,17-19,22,25,27-28,30,33-34H2,1-3H3. The zero-order valence-corrected chi connectivity index (χ0v) is 47.5. The zero-order chi connectivity index (χ0) is 54.1. The molecule has 82 heavy (non-hydrogen) atoms. The maximum absolute atomic E-state index is 7.81. The minimum absolute atomic E-state index is 0.00434. The van der Waals surface area contributed by atoms with E-state index in [0.29, 0.717) is 0 Å². The van der Waals surface area contributed by atoms with Crippen molar-refractivity contribution in [2.45, 2.75) is 128 Å². The highest BCUT2D eigenvalue weighted by Gasteiger charge is 2.46. The molecular weight excluding hydrogens is 996 g/mol. The van der Waals surface area contributed by atoms with Crippen LogP contribution in [-0.2, 0) is 43.9 Å². The van der Waals surface area contributed by atoms with Gasteiger partial charge in [-0.15, -0.1) is 0 Å². The molecule has 7 aliphatic rings. The molecule has 3 aromatic heterocycles. The van der Waals surface area contributed by atoms with Crippen LogP contribution in [0.5, 0.6) is 11.5 Å². The van der Waals surface area contributed by atoms with Gasteiger partial charge in [-0.05, 0) is 217 Å². The summed E-state index contributed by atoms with van der Waals surface area (Å²) in [6.07, 6.45) is 17.4. The SMILES string of the molecule is CC(C)(C)c1ccc(N2c3cc(C4C5=C(CCCCC5)c5ccccc54)cc4c3B(c3ccc(-n5c6c(c7ccccc75)CCCC6)cc3O4)c3cc(-n4c5c(c6ccccc64)CCC5)cc(-n4c5c(c6ccccc64)CCC5)c32)cc1. The summed E-state index contributed by atoms with van der Waals surface area (Å²) in [7, 11) is 0. The molecule has 0 spiro atoms. The lowest BCUT2D eigenvalue weighted by Gasteiger charge is -2.42. The zero-order valence-electron chi connectivity index (χ0n) is 47.5. The predicted octanol–water partition coefficient (Wildman–Crippen LogP) is 16.9. The van der Waals surface area contributed by atoms with Gasteiger partial charge in [-0.3, -0.25) is 0 Å². The van der Waals surface area contributed by atoms with E-state index in [1.165, 1.54) is 178 Å². The van der Waals surface area contributed by atoms with Crippen LogP contribution in [0.15, 0.2) is 169 Å². The topological polar surface area (TPSA) is 27.3 Å². The normalized spacial score (nSPS) is 17.6. The van der Waals surface area contributed by atoms with E-state index in [2.05, 4.69) is 203 Å². The van der Waals surface area contributed by atoms with E-state index in [9.17, 15) is 0 Å². The van der Waals surface area contributed by atoms with Crippen molar-refractivity contribution in [3.63, 3.8) is 0 Å². The summed E-state index contributed by atoms with van der Waals surface area (Å²) in [5, 5.41) is 4.18. The first-order valence-electron chi connectivity index (χ1n) is 31.1. The van der Waals surface area contributed by atoms with Gasteiger partial charge in [0.05, 0.1) is 27.9 Å². The van der Waals surface area contributed by atoms with Crippen LogP contribution in [0.4, 0.5) is 17.1 Å². The first-order chi connectivity index (χ1) is 40.3. The Labute approximate surface area is 481 Å². The van der Waals surface area contributed by atoms with Crippen molar-refractivity contribution in [3.8, 4) is 28.6 Å². The number of ether oxygens (including phenoxy) is 1. The van der Waals surface area contributed by atoms with Gasteiger partial charge in [0.25, 0.3) is 6.71 Å². The second-order valence-corrected chi connectivity index (χ2v) is 26.1. The van der Waals surface area contributed by atoms with E-state index in [0.717, 1.165) is 69.3 Å². The van der Waals surface area contributed by atoms with Crippen LogP contribution in [0.25, 0.3) is 55.3 Å². The van der Waals surface area contributed by atoms with Crippen LogP contribution < -0.4 is 26.0 Å². The van der Waals surface area contributed by atoms with E-state index in [1.807, 2.05) is 0 Å². The second kappa shape index (κ2) is 17.6. The van der Waals surface area contributed by atoms with Gasteiger partial charge >= 0.3 is 0 Å². The number of anilines is 3. The van der Waals surface area contributed by atoms with Gasteiger partial charge < -0.3 is 23.3 Å². The van der Waals surface area contributed by atoms with Crippen molar-refractivity contribution in [1.29, 1.82) is 0 Å². The molecule has 1 atom stereocenters. The summed E-state index contributed by atoms with van der Waals surface area (Å²) in [5.41, 5.74) is 32.8. The lowest BCUT2D eigenvalue weighted by Crippen LogP contribution is -2.60. The molecule has 5 nitrogen and oxygen atoms in total. The fourth-order valence-corrected chi connectivity index (χ4v) is 17.2. The first-order valence-corrected chi connectivity index (χ1v) is 31.1. The number of benzene rings is 8. The Morgan fingerprint density at radius 2 is 1.04 bits per heavy atom. The molecule has 0 saturated heterocycles. The number of nitrogens with zero attached hydrogens (tertiary/aromatic N) is 4. The molecule has 11 aromatic rings. The van der Waals surface area contributed by atoms with E-state index in [1.54, 1.807) is 11.1 Å². The van der Waals surface area contributed by atoms with Crippen molar-refractivity contribution in [3.05, 3.63) is 225 Å². The summed E-state index contributed by atoms with van der Waals surface area (Å²) in [6.45, 7) is 6.89. The van der Waals surface area contributed by atoms with E-state index in [4.69, 9.17) is 4.74 Å². The van der Waals surface area contributed by atoms with Gasteiger partial charge in [0.15, 0.2) is 0 Å². The van der Waals surface area contributed by atoms with Gasteiger partial charge in [0.2, 0.25) is 0 Å². The molecule has 0 fully saturated rings. The maximum Gasteiger partial charge on any atom is 0.256 e. The van der Waals surface area contributed by atoms with Crippen molar-refractivity contribution in [2.75, 3.05) is 4.90 Å². The fraction of sp³-hybridized carbons (Fsp3) is 0.263. The number of rotatable bonds is 5. The lowest BCUT2D eigenvalue weighted by molar-refractivity contribution is 0.486. The Bertz CT molecular complexity index is 4590. The van der Waals surface area contributed by atoms with Gasteiger partial charge in [0, 0.05) is 68.0 Å². The Morgan fingerprint density at radius 1 is 0.451 bits per heavy atom. The van der Waals surface area contributed by atoms with Crippen LogP contribution in [0, 0.1) is 0 Å². The van der Waals surface area contributed by atoms with Crippen molar-refractivity contribution in [1.82, 2.24) is 13.7 Å². The average Bonchev–Trinajstić information content (AvgIpc) is 2.01. The highest BCUT2D eigenvalue weighted by molar-refractivity contribution is 6.99. The number of fused-ring (bicyclic) bond motifs is 15. The molecule has 2 aliphatic heterocycles. The number of aryl methyl sites for hydroxylation is 3. The summed E-state index contributed by atoms with van der Waals surface area (Å²) in [6, 6.07) is 64.4. The number of allylic oxidation sites excluding steroid dienone is 2. The Morgan fingerprint density at radius 3 is 1.76 bits per heavy atom. The van der Waals surface area contributed by atoms with Crippen LogP contribution in [0.3, 0.4) is 0 Å². The molecule has 0 radical (unpaired) electrons. The third-order valence-electron chi connectivity index (χ3n) is 20.7. The maximum atomic E-state index is 7.81. The summed E-state index contributed by atoms with van der Waals surface area (Å²) >= 11 is 0. The fourth-order valence-electron chi connectivity index (χ4n) is 17.2. The number of hydrogen-bond acceptors (Lipinski definition) is 2. The molecule has 1 unspecified atom stereocenters. The predicted molar refractivity (Wildman–Crippen MR) is 340 cm³/mol. The third-order valence-corrected chi connectivity index (χ3v) is 20.7. The summed E-state index contributed by atoms with van der Waals surface area (Å²) in [5.74, 6) is 2.09. The molecular formula is C76H67BN4O. The van der Waals surface area contributed by atoms with Crippen LogP contribution in [0.1, 0.15) is 141 Å². The third kappa shape index (κ3) is 6.69. The van der Waals surface area contributed by atoms with Gasteiger partial charge in [-0.25, -0.2) is 0 Å². The molecule has 6 heteroatoms. The van der Waals surface area contributed by atoms with Crippen molar-refractivity contribution < 1.29 is 4.74 Å². The van der Waals surface area contributed by atoms with Crippen LogP contribution in [-0.4, -0.2) is 20.4 Å². The number of aromatic nitrogens is 3. The molecule has 0 saturated carbocycles. The quantitative estimate of drug-likeness (QED) is 0.161. The smallest absolute Gasteiger partial charge is 0.256 e. The minimum atomic E-state index is -0.126. The van der Waals surface area contributed by atoms with Crippen molar-refractivity contribution in [2.24, 2.45) is 0 Å². The highest BCUT2D eigenvalue weighted by atomic mass is 16.5. The van der Waals surface area contributed by atoms with E-state index >= 15 is 0 Å². The monoisotopic (exact) mass is 1060 g/mol. The highest BCUT2D eigenvalue weighted by Crippen LogP contribution is 2.54. The number of para-hydroxylation sites is 3. The van der Waals surface area contributed by atoms with E-state index < -0.39 is 0 Å². The Hall–Kier alpha value is -8.22. The molecule has 0 amide bonds. The molecule has 8 aromatic carbocycles. The van der Waals surface area contributed by atoms with Gasteiger partial charge in [-0.1, -0.05) is 130 Å². The first kappa shape index (κ1) is 47.4. The lowest BCUT2D eigenvalue weighted by atomic mass is 9.34. The Kier molecular flexibility index (Phi) is 10.2.